The zero-order valence-corrected chi connectivity index (χ0v) is 42.0. The summed E-state index contributed by atoms with van der Waals surface area (Å²) in [7, 11) is 0. The van der Waals surface area contributed by atoms with Gasteiger partial charge in [-0.25, -0.2) is 0 Å². The molecular weight excluding hydrogens is 763 g/mol. The van der Waals surface area contributed by atoms with Crippen molar-refractivity contribution in [1.82, 2.24) is 5.32 Å². The Kier molecular flexibility index (Phi) is 51.5. The summed E-state index contributed by atoms with van der Waals surface area (Å²) in [4.78, 5) is 12.5. The first kappa shape index (κ1) is 60.8. The lowest BCUT2D eigenvalue weighted by molar-refractivity contribution is -0.124. The molecule has 0 saturated heterocycles. The summed E-state index contributed by atoms with van der Waals surface area (Å²) in [5.74, 6) is -0.319. The van der Waals surface area contributed by atoms with Crippen molar-refractivity contribution >= 4 is 5.91 Å². The van der Waals surface area contributed by atoms with Crippen LogP contribution in [0.1, 0.15) is 309 Å². The minimum Gasteiger partial charge on any atom is -0.394 e. The largest absolute Gasteiger partial charge is 0.394 e. The molecule has 0 spiro atoms. The van der Waals surface area contributed by atoms with Gasteiger partial charge in [0, 0.05) is 0 Å². The van der Waals surface area contributed by atoms with Crippen molar-refractivity contribution in [3.05, 3.63) is 24.3 Å². The van der Waals surface area contributed by atoms with Crippen molar-refractivity contribution < 1.29 is 20.1 Å². The number of allylic oxidation sites excluding steroid dienone is 3. The van der Waals surface area contributed by atoms with E-state index in [1.807, 2.05) is 6.08 Å². The number of aliphatic hydroxyl groups excluding tert-OH is 3. The van der Waals surface area contributed by atoms with E-state index in [0.29, 0.717) is 6.42 Å². The number of unbranched alkanes of at least 4 members (excludes halogenated alkanes) is 41. The van der Waals surface area contributed by atoms with Crippen LogP contribution < -0.4 is 5.32 Å². The minimum absolute atomic E-state index is 0.0104. The highest BCUT2D eigenvalue weighted by molar-refractivity contribution is 5.76. The van der Waals surface area contributed by atoms with Gasteiger partial charge in [-0.3, -0.25) is 4.79 Å². The molecular formula is C57H111NO4. The van der Waals surface area contributed by atoms with Crippen LogP contribution in [0.3, 0.4) is 0 Å². The van der Waals surface area contributed by atoms with Crippen LogP contribution in [-0.4, -0.2) is 46.1 Å². The molecule has 3 unspecified atom stereocenters. The Balaban J connectivity index is 3.57. The number of hydrogen-bond donors (Lipinski definition) is 4. The fraction of sp³-hybridized carbons (Fsp3) is 0.912. The zero-order valence-electron chi connectivity index (χ0n) is 42.0. The molecule has 0 fully saturated rings. The predicted molar refractivity (Wildman–Crippen MR) is 273 cm³/mol. The maximum absolute atomic E-state index is 12.5. The zero-order chi connectivity index (χ0) is 45.1. The molecule has 62 heavy (non-hydrogen) atoms. The first-order chi connectivity index (χ1) is 30.5. The molecule has 0 aliphatic rings. The number of aliphatic hydroxyl groups is 3. The molecule has 0 aliphatic heterocycles. The number of carbonyl (C=O) groups is 1. The van der Waals surface area contributed by atoms with Crippen molar-refractivity contribution in [2.45, 2.75) is 327 Å². The smallest absolute Gasteiger partial charge is 0.222 e. The highest BCUT2D eigenvalue weighted by Gasteiger charge is 2.20. The molecule has 3 atom stereocenters. The fourth-order valence-corrected chi connectivity index (χ4v) is 8.95. The van der Waals surface area contributed by atoms with Crippen LogP contribution in [0.2, 0.25) is 0 Å². The molecule has 5 nitrogen and oxygen atoms in total. The summed E-state index contributed by atoms with van der Waals surface area (Å²) < 4.78 is 0. The normalized spacial score (nSPS) is 13.4. The SMILES string of the molecule is CCCCCCCCCCCCCCCCC/C=C/CC/C=C/C(O)C(CO)NC(=O)CC(O)CCCCCCCCCCCCCCCCCCCCCCCCCCCC. The molecule has 0 rings (SSSR count). The average Bonchev–Trinajstić information content (AvgIpc) is 3.27. The Morgan fingerprint density at radius 2 is 0.694 bits per heavy atom. The van der Waals surface area contributed by atoms with Crippen LogP contribution in [0.5, 0.6) is 0 Å². The van der Waals surface area contributed by atoms with Gasteiger partial charge in [0.1, 0.15) is 0 Å². The van der Waals surface area contributed by atoms with Crippen LogP contribution in [0.25, 0.3) is 0 Å². The monoisotopic (exact) mass is 874 g/mol. The fourth-order valence-electron chi connectivity index (χ4n) is 8.95. The molecule has 0 radical (unpaired) electrons. The van der Waals surface area contributed by atoms with E-state index in [4.69, 9.17) is 0 Å². The Labute approximate surface area is 388 Å². The van der Waals surface area contributed by atoms with E-state index in [0.717, 1.165) is 32.1 Å². The summed E-state index contributed by atoms with van der Waals surface area (Å²) >= 11 is 0. The molecule has 368 valence electrons. The maximum atomic E-state index is 12.5. The van der Waals surface area contributed by atoms with Gasteiger partial charge in [0.05, 0.1) is 31.3 Å². The highest BCUT2D eigenvalue weighted by atomic mass is 16.3. The lowest BCUT2D eigenvalue weighted by atomic mass is 10.0. The van der Waals surface area contributed by atoms with E-state index in [-0.39, 0.29) is 18.9 Å². The van der Waals surface area contributed by atoms with Crippen molar-refractivity contribution in [2.75, 3.05) is 6.61 Å². The van der Waals surface area contributed by atoms with Crippen LogP contribution >= 0.6 is 0 Å². The summed E-state index contributed by atoms with van der Waals surface area (Å²) in [6.45, 7) is 4.24. The van der Waals surface area contributed by atoms with E-state index < -0.39 is 18.2 Å². The molecule has 0 heterocycles. The third kappa shape index (κ3) is 48.3. The van der Waals surface area contributed by atoms with Gasteiger partial charge < -0.3 is 20.6 Å². The summed E-state index contributed by atoms with van der Waals surface area (Å²) in [5.41, 5.74) is 0. The average molecular weight is 875 g/mol. The number of carbonyl (C=O) groups excluding carboxylic acids is 1. The molecule has 0 aromatic heterocycles. The molecule has 5 heteroatoms. The van der Waals surface area contributed by atoms with Gasteiger partial charge in [-0.15, -0.1) is 0 Å². The molecule has 1 amide bonds. The third-order valence-electron chi connectivity index (χ3n) is 13.2. The van der Waals surface area contributed by atoms with Gasteiger partial charge in [0.25, 0.3) is 0 Å². The van der Waals surface area contributed by atoms with Gasteiger partial charge in [-0.2, -0.15) is 0 Å². The second-order valence-electron chi connectivity index (χ2n) is 19.5. The lowest BCUT2D eigenvalue weighted by Gasteiger charge is -2.21. The van der Waals surface area contributed by atoms with Gasteiger partial charge in [-0.1, -0.05) is 295 Å². The Hall–Kier alpha value is -1.17. The van der Waals surface area contributed by atoms with Crippen molar-refractivity contribution in [3.63, 3.8) is 0 Å². The molecule has 4 N–H and O–H groups in total. The molecule has 0 aromatic rings. The Morgan fingerprint density at radius 1 is 0.403 bits per heavy atom. The van der Waals surface area contributed by atoms with E-state index in [9.17, 15) is 20.1 Å². The maximum Gasteiger partial charge on any atom is 0.222 e. The topological polar surface area (TPSA) is 89.8 Å². The van der Waals surface area contributed by atoms with E-state index >= 15 is 0 Å². The van der Waals surface area contributed by atoms with Crippen molar-refractivity contribution in [3.8, 4) is 0 Å². The molecule has 0 saturated carbocycles. The first-order valence-corrected chi connectivity index (χ1v) is 28.1. The summed E-state index contributed by atoms with van der Waals surface area (Å²) in [6, 6.07) is -0.759. The highest BCUT2D eigenvalue weighted by Crippen LogP contribution is 2.18. The quantitative estimate of drug-likeness (QED) is 0.0362. The molecule has 0 aromatic carbocycles. The van der Waals surface area contributed by atoms with Crippen LogP contribution in [-0.2, 0) is 4.79 Å². The Morgan fingerprint density at radius 3 is 1.03 bits per heavy atom. The lowest BCUT2D eigenvalue weighted by Crippen LogP contribution is -2.45. The second kappa shape index (κ2) is 52.5. The first-order valence-electron chi connectivity index (χ1n) is 28.1. The number of amides is 1. The van der Waals surface area contributed by atoms with Crippen molar-refractivity contribution in [2.24, 2.45) is 0 Å². The minimum atomic E-state index is -0.950. The second-order valence-corrected chi connectivity index (χ2v) is 19.5. The molecule has 0 bridgehead atoms. The molecule has 0 aliphatic carbocycles. The summed E-state index contributed by atoms with van der Waals surface area (Å²) in [5, 5.41) is 33.4. The predicted octanol–water partition coefficient (Wildman–Crippen LogP) is 17.3. The van der Waals surface area contributed by atoms with Crippen LogP contribution in [0.4, 0.5) is 0 Å². The standard InChI is InChI=1S/C57H111NO4/c1-3-5-7-9-11-13-15-17-19-21-23-25-26-27-28-29-31-32-34-36-38-40-42-44-46-48-50-54(60)52-57(62)58-55(53-59)56(61)51-49-47-45-43-41-39-37-35-33-30-24-22-20-18-16-14-12-10-8-6-4-2/h41,43,49,51,54-56,59-61H,3-40,42,44-48,50,52-53H2,1-2H3,(H,58,62)/b43-41+,51-49+. The van der Waals surface area contributed by atoms with Gasteiger partial charge in [0.2, 0.25) is 5.91 Å². The number of hydrogen-bond acceptors (Lipinski definition) is 4. The van der Waals surface area contributed by atoms with E-state index in [1.54, 1.807) is 6.08 Å². The third-order valence-corrected chi connectivity index (χ3v) is 13.2. The Bertz CT molecular complexity index is 920. The van der Waals surface area contributed by atoms with Crippen LogP contribution in [0.15, 0.2) is 24.3 Å². The number of rotatable bonds is 52. The van der Waals surface area contributed by atoms with Gasteiger partial charge >= 0.3 is 0 Å². The van der Waals surface area contributed by atoms with E-state index in [2.05, 4.69) is 31.3 Å². The van der Waals surface area contributed by atoms with E-state index in [1.165, 1.54) is 250 Å². The number of nitrogens with one attached hydrogen (secondary N) is 1. The van der Waals surface area contributed by atoms with Crippen molar-refractivity contribution in [1.29, 1.82) is 0 Å². The summed E-state index contributed by atoms with van der Waals surface area (Å²) in [6.07, 6.45) is 66.6. The van der Waals surface area contributed by atoms with Crippen LogP contribution in [0, 0.1) is 0 Å². The van der Waals surface area contributed by atoms with Gasteiger partial charge in [-0.05, 0) is 32.1 Å². The van der Waals surface area contributed by atoms with Gasteiger partial charge in [0.15, 0.2) is 0 Å².